The number of hydrogen-bond acceptors (Lipinski definition) is 4. The second kappa shape index (κ2) is 6.93. The maximum atomic E-state index is 9.77. The van der Waals surface area contributed by atoms with Crippen molar-refractivity contribution >= 4 is 0 Å². The Hall–Kier alpha value is -1.88. The van der Waals surface area contributed by atoms with Crippen molar-refractivity contribution in [3.63, 3.8) is 0 Å². The number of aliphatic hydroxyl groups excluding tert-OH is 1. The van der Waals surface area contributed by atoms with Crippen LogP contribution in [-0.4, -0.2) is 42.5 Å². The molecule has 2 aliphatic rings. The summed E-state index contributed by atoms with van der Waals surface area (Å²) in [5, 5.41) is 9.77. The second-order valence-corrected chi connectivity index (χ2v) is 6.46. The molecule has 0 amide bonds. The van der Waals surface area contributed by atoms with Gasteiger partial charge in [0.2, 0.25) is 0 Å². The lowest BCUT2D eigenvalue weighted by molar-refractivity contribution is -0.0960. The third-order valence-electron chi connectivity index (χ3n) is 4.92. The smallest absolute Gasteiger partial charge is 0.122 e. The van der Waals surface area contributed by atoms with Crippen LogP contribution >= 0.6 is 0 Å². The van der Waals surface area contributed by atoms with Crippen molar-refractivity contribution in [2.45, 2.75) is 25.1 Å². The highest BCUT2D eigenvalue weighted by Gasteiger charge is 2.33. The molecule has 0 bridgehead atoms. The van der Waals surface area contributed by atoms with Crippen LogP contribution in [0.25, 0.3) is 0 Å². The Morgan fingerprint density at radius 1 is 1.08 bits per heavy atom. The van der Waals surface area contributed by atoms with Gasteiger partial charge in [-0.15, -0.1) is 0 Å². The normalized spacial score (nSPS) is 23.7. The van der Waals surface area contributed by atoms with Crippen molar-refractivity contribution in [3.05, 3.63) is 65.2 Å². The zero-order valence-corrected chi connectivity index (χ0v) is 13.7. The maximum Gasteiger partial charge on any atom is 0.122 e. The average Bonchev–Trinajstić information content (AvgIpc) is 3.10. The molecular weight excluding hydrogens is 302 g/mol. The number of morpholine rings is 1. The van der Waals surface area contributed by atoms with Crippen molar-refractivity contribution in [1.82, 2.24) is 4.90 Å². The number of benzene rings is 2. The third kappa shape index (κ3) is 3.05. The molecule has 1 saturated heterocycles. The first-order valence-electron chi connectivity index (χ1n) is 8.61. The molecule has 126 valence electrons. The van der Waals surface area contributed by atoms with Crippen LogP contribution in [0.5, 0.6) is 5.75 Å². The summed E-state index contributed by atoms with van der Waals surface area (Å²) in [6, 6.07) is 16.9. The van der Waals surface area contributed by atoms with Crippen LogP contribution in [0.2, 0.25) is 0 Å². The predicted molar refractivity (Wildman–Crippen MR) is 92.1 cm³/mol. The van der Waals surface area contributed by atoms with Crippen molar-refractivity contribution in [2.24, 2.45) is 0 Å². The van der Waals surface area contributed by atoms with E-state index in [9.17, 15) is 5.11 Å². The van der Waals surface area contributed by atoms with Crippen LogP contribution in [0.4, 0.5) is 0 Å². The van der Waals surface area contributed by atoms with E-state index in [1.165, 1.54) is 16.7 Å². The molecular formula is C20H23NO3. The molecule has 0 radical (unpaired) electrons. The molecule has 1 N–H and O–H groups in total. The second-order valence-electron chi connectivity index (χ2n) is 6.46. The van der Waals surface area contributed by atoms with Crippen molar-refractivity contribution in [3.8, 4) is 5.75 Å². The Morgan fingerprint density at radius 2 is 1.96 bits per heavy atom. The first-order chi connectivity index (χ1) is 11.8. The summed E-state index contributed by atoms with van der Waals surface area (Å²) < 4.78 is 11.4. The molecule has 2 aromatic carbocycles. The van der Waals surface area contributed by atoms with Crippen LogP contribution in [0.3, 0.4) is 0 Å². The fourth-order valence-electron chi connectivity index (χ4n) is 3.77. The van der Waals surface area contributed by atoms with E-state index < -0.39 is 0 Å². The molecule has 0 unspecified atom stereocenters. The topological polar surface area (TPSA) is 41.9 Å². The van der Waals surface area contributed by atoms with Gasteiger partial charge in [0.1, 0.15) is 11.9 Å². The predicted octanol–water partition coefficient (Wildman–Crippen LogP) is 2.56. The highest BCUT2D eigenvalue weighted by atomic mass is 16.5. The minimum Gasteiger partial charge on any atom is -0.493 e. The lowest BCUT2D eigenvalue weighted by Gasteiger charge is -2.41. The Bertz CT molecular complexity index is 689. The molecule has 24 heavy (non-hydrogen) atoms. The van der Waals surface area contributed by atoms with E-state index in [4.69, 9.17) is 9.47 Å². The first kappa shape index (κ1) is 15.6. The standard InChI is InChI=1S/C20H23NO3/c22-14-19-20(16-4-2-1-3-5-16)21(9-11-24-19)13-15-6-7-18-17(12-15)8-10-23-18/h1-7,12,19-20,22H,8-11,13-14H2/t19-,20-/m1/s1. The molecule has 4 heteroatoms. The third-order valence-corrected chi connectivity index (χ3v) is 4.92. The molecule has 2 heterocycles. The quantitative estimate of drug-likeness (QED) is 0.938. The monoisotopic (exact) mass is 325 g/mol. The van der Waals surface area contributed by atoms with Crippen molar-refractivity contribution in [2.75, 3.05) is 26.4 Å². The maximum absolute atomic E-state index is 9.77. The number of fused-ring (bicyclic) bond motifs is 1. The van der Waals surface area contributed by atoms with E-state index in [0.717, 1.165) is 31.9 Å². The van der Waals surface area contributed by atoms with Gasteiger partial charge >= 0.3 is 0 Å². The molecule has 0 aliphatic carbocycles. The van der Waals surface area contributed by atoms with Gasteiger partial charge < -0.3 is 14.6 Å². The molecule has 0 spiro atoms. The minimum atomic E-state index is -0.182. The van der Waals surface area contributed by atoms with E-state index >= 15 is 0 Å². The van der Waals surface area contributed by atoms with E-state index in [1.807, 2.05) is 18.2 Å². The molecule has 0 saturated carbocycles. The van der Waals surface area contributed by atoms with E-state index in [0.29, 0.717) is 6.61 Å². The van der Waals surface area contributed by atoms with Gasteiger partial charge in [-0.2, -0.15) is 0 Å². The lowest BCUT2D eigenvalue weighted by atomic mass is 9.97. The van der Waals surface area contributed by atoms with Crippen molar-refractivity contribution in [1.29, 1.82) is 0 Å². The van der Waals surface area contributed by atoms with Crippen LogP contribution < -0.4 is 4.74 Å². The van der Waals surface area contributed by atoms with E-state index in [2.05, 4.69) is 35.2 Å². The summed E-state index contributed by atoms with van der Waals surface area (Å²) in [6.45, 7) is 3.20. The van der Waals surface area contributed by atoms with Gasteiger partial charge in [-0.1, -0.05) is 42.5 Å². The largest absolute Gasteiger partial charge is 0.493 e. The Morgan fingerprint density at radius 3 is 2.79 bits per heavy atom. The van der Waals surface area contributed by atoms with Crippen molar-refractivity contribution < 1.29 is 14.6 Å². The number of nitrogens with zero attached hydrogens (tertiary/aromatic N) is 1. The lowest BCUT2D eigenvalue weighted by Crippen LogP contribution is -2.46. The Labute approximate surface area is 142 Å². The highest BCUT2D eigenvalue weighted by Crippen LogP contribution is 2.32. The summed E-state index contributed by atoms with van der Waals surface area (Å²) in [7, 11) is 0. The summed E-state index contributed by atoms with van der Waals surface area (Å²) in [4.78, 5) is 2.41. The summed E-state index contributed by atoms with van der Waals surface area (Å²) in [6.07, 6.45) is 0.812. The number of aliphatic hydroxyl groups is 1. The fraction of sp³-hybridized carbons (Fsp3) is 0.400. The summed E-state index contributed by atoms with van der Waals surface area (Å²) >= 11 is 0. The number of rotatable bonds is 4. The van der Waals surface area contributed by atoms with Gasteiger partial charge in [-0.25, -0.2) is 0 Å². The van der Waals surface area contributed by atoms with Gasteiger partial charge in [0.25, 0.3) is 0 Å². The van der Waals surface area contributed by atoms with Gasteiger partial charge in [0, 0.05) is 19.5 Å². The Balaban J connectivity index is 1.59. The zero-order chi connectivity index (χ0) is 16.4. The van der Waals surface area contributed by atoms with E-state index in [-0.39, 0.29) is 18.8 Å². The molecule has 2 aliphatic heterocycles. The van der Waals surface area contributed by atoms with Crippen LogP contribution in [0.15, 0.2) is 48.5 Å². The van der Waals surface area contributed by atoms with Gasteiger partial charge in [-0.05, 0) is 22.8 Å². The van der Waals surface area contributed by atoms with Gasteiger partial charge in [0.15, 0.2) is 0 Å². The minimum absolute atomic E-state index is 0.0358. The van der Waals surface area contributed by atoms with Crippen LogP contribution in [0, 0.1) is 0 Å². The molecule has 0 aromatic heterocycles. The zero-order valence-electron chi connectivity index (χ0n) is 13.7. The van der Waals surface area contributed by atoms with Gasteiger partial charge in [-0.3, -0.25) is 4.90 Å². The SMILES string of the molecule is OC[C@H]1OCCN(Cc2ccc3c(c2)CCO3)[C@@H]1c1ccccc1. The Kier molecular flexibility index (Phi) is 4.52. The molecule has 1 fully saturated rings. The number of ether oxygens (including phenoxy) is 2. The fourth-order valence-corrected chi connectivity index (χ4v) is 3.77. The van der Waals surface area contributed by atoms with Gasteiger partial charge in [0.05, 0.1) is 25.9 Å². The van der Waals surface area contributed by atoms with Crippen LogP contribution in [0.1, 0.15) is 22.7 Å². The molecule has 2 aromatic rings. The number of hydrogen-bond donors (Lipinski definition) is 1. The molecule has 4 nitrogen and oxygen atoms in total. The first-order valence-corrected chi connectivity index (χ1v) is 8.61. The highest BCUT2D eigenvalue weighted by molar-refractivity contribution is 5.40. The summed E-state index contributed by atoms with van der Waals surface area (Å²) in [5.41, 5.74) is 3.79. The van der Waals surface area contributed by atoms with Crippen LogP contribution in [-0.2, 0) is 17.7 Å². The summed E-state index contributed by atoms with van der Waals surface area (Å²) in [5.74, 6) is 1.02. The molecule has 4 rings (SSSR count). The molecule has 2 atom stereocenters. The van der Waals surface area contributed by atoms with E-state index in [1.54, 1.807) is 0 Å². The average molecular weight is 325 g/mol.